The van der Waals surface area contributed by atoms with Gasteiger partial charge in [-0.3, -0.25) is 9.59 Å². The molecule has 0 spiro atoms. The number of benzene rings is 1. The van der Waals surface area contributed by atoms with Crippen molar-refractivity contribution < 1.29 is 32.7 Å². The molecule has 228 valence electrons. The van der Waals surface area contributed by atoms with Crippen LogP contribution in [0.5, 0.6) is 0 Å². The molecule has 1 aliphatic carbocycles. The molecule has 9 heteroatoms. The SMILES string of the molecule is C=C(C[C@@H](OCc1ccccc1)C(=O)[C@](C)(O[Si](C)(C)C)C(=O)OC)[C@H]1CC(O[Si](C)(C)C(C)(C)C)C(C)=C1C=O. The molecule has 0 heterocycles. The van der Waals surface area contributed by atoms with E-state index in [2.05, 4.69) is 40.4 Å². The predicted molar refractivity (Wildman–Crippen MR) is 168 cm³/mol. The zero-order valence-electron chi connectivity index (χ0n) is 26.9. The summed E-state index contributed by atoms with van der Waals surface area (Å²) in [6.07, 6.45) is 0.332. The van der Waals surface area contributed by atoms with Gasteiger partial charge in [0.2, 0.25) is 11.4 Å². The molecule has 0 bridgehead atoms. The normalized spacial score (nSPS) is 20.4. The van der Waals surface area contributed by atoms with Gasteiger partial charge in [-0.15, -0.1) is 0 Å². The third kappa shape index (κ3) is 8.67. The van der Waals surface area contributed by atoms with Crippen LogP contribution in [0.2, 0.25) is 37.8 Å². The molecule has 2 rings (SSSR count). The topological polar surface area (TPSA) is 88.1 Å². The van der Waals surface area contributed by atoms with Crippen LogP contribution in [-0.2, 0) is 39.3 Å². The van der Waals surface area contributed by atoms with Crippen LogP contribution in [0.15, 0.2) is 53.6 Å². The number of ketones is 1. The molecule has 0 radical (unpaired) electrons. The van der Waals surface area contributed by atoms with Crippen LogP contribution in [-0.4, -0.2) is 59.6 Å². The van der Waals surface area contributed by atoms with E-state index in [1.165, 1.54) is 14.0 Å². The van der Waals surface area contributed by atoms with Crippen molar-refractivity contribution in [2.24, 2.45) is 5.92 Å². The average molecular weight is 603 g/mol. The van der Waals surface area contributed by atoms with E-state index in [4.69, 9.17) is 18.3 Å². The maximum absolute atomic E-state index is 14.1. The Labute approximate surface area is 248 Å². The van der Waals surface area contributed by atoms with Crippen LogP contribution in [0.4, 0.5) is 0 Å². The summed E-state index contributed by atoms with van der Waals surface area (Å²) in [6, 6.07) is 9.51. The van der Waals surface area contributed by atoms with Crippen LogP contribution < -0.4 is 0 Å². The van der Waals surface area contributed by atoms with Crippen molar-refractivity contribution in [2.45, 2.75) is 110 Å². The third-order valence-electron chi connectivity index (χ3n) is 8.22. The van der Waals surface area contributed by atoms with Crippen molar-refractivity contribution in [3.05, 3.63) is 59.2 Å². The van der Waals surface area contributed by atoms with Crippen molar-refractivity contribution in [3.63, 3.8) is 0 Å². The number of Topliss-reactive ketones (excluding diaryl/α,β-unsaturated/α-hetero) is 1. The third-order valence-corrected chi connectivity index (χ3v) is 13.7. The fraction of sp³-hybridized carbons (Fsp3) is 0.594. The standard InChI is InChI=1S/C32H50O7Si2/c1-22(25-19-27(23(2)26(25)20-33)38-41(11,12)31(3,4)5)18-28(37-21-24-16-14-13-15-17-24)29(34)32(6,30(35)36-7)39-40(8,9)10/h13-17,20,25,27-28H,1,18-19,21H2,2-12H3/t25-,27?,28-,32+/m1/s1. The van der Waals surface area contributed by atoms with Gasteiger partial charge < -0.3 is 18.3 Å². The summed E-state index contributed by atoms with van der Waals surface area (Å²) in [5.74, 6) is -1.58. The summed E-state index contributed by atoms with van der Waals surface area (Å²) in [6.45, 7) is 24.6. The van der Waals surface area contributed by atoms with Crippen molar-refractivity contribution >= 4 is 34.7 Å². The van der Waals surface area contributed by atoms with Crippen LogP contribution in [0.25, 0.3) is 0 Å². The van der Waals surface area contributed by atoms with E-state index in [0.29, 0.717) is 17.6 Å². The monoisotopic (exact) mass is 602 g/mol. The van der Waals surface area contributed by atoms with Gasteiger partial charge in [0.15, 0.2) is 16.6 Å². The first-order chi connectivity index (χ1) is 18.8. The van der Waals surface area contributed by atoms with Gasteiger partial charge in [0.05, 0.1) is 19.8 Å². The number of rotatable bonds is 14. The van der Waals surface area contributed by atoms with E-state index in [1.807, 2.05) is 56.9 Å². The van der Waals surface area contributed by atoms with E-state index < -0.39 is 40.1 Å². The lowest BCUT2D eigenvalue weighted by atomic mass is 9.86. The van der Waals surface area contributed by atoms with Gasteiger partial charge in [0, 0.05) is 17.9 Å². The van der Waals surface area contributed by atoms with E-state index in [0.717, 1.165) is 17.4 Å². The first-order valence-electron chi connectivity index (χ1n) is 14.3. The summed E-state index contributed by atoms with van der Waals surface area (Å²) >= 11 is 0. The molecule has 0 saturated carbocycles. The maximum Gasteiger partial charge on any atom is 0.344 e. The number of esters is 1. The molecule has 1 aliphatic rings. The Kier molecular flexibility index (Phi) is 11.5. The fourth-order valence-electron chi connectivity index (χ4n) is 4.89. The molecule has 1 aromatic rings. The number of allylic oxidation sites excluding steroid dienone is 1. The molecule has 0 fully saturated rings. The Morgan fingerprint density at radius 1 is 1.07 bits per heavy atom. The fourth-order valence-corrected chi connectivity index (χ4v) is 7.64. The highest BCUT2D eigenvalue weighted by molar-refractivity contribution is 6.74. The summed E-state index contributed by atoms with van der Waals surface area (Å²) < 4.78 is 24.1. The highest BCUT2D eigenvalue weighted by atomic mass is 28.4. The number of hydrogen-bond acceptors (Lipinski definition) is 7. The second-order valence-corrected chi connectivity index (χ2v) is 22.8. The molecule has 0 N–H and O–H groups in total. The average Bonchev–Trinajstić information content (AvgIpc) is 3.18. The minimum Gasteiger partial charge on any atom is -0.467 e. The van der Waals surface area contributed by atoms with E-state index in [-0.39, 0.29) is 30.1 Å². The second kappa shape index (κ2) is 13.4. The van der Waals surface area contributed by atoms with Gasteiger partial charge in [-0.2, -0.15) is 0 Å². The van der Waals surface area contributed by atoms with E-state index >= 15 is 0 Å². The molecule has 0 saturated heterocycles. The van der Waals surface area contributed by atoms with Gasteiger partial charge in [-0.1, -0.05) is 63.3 Å². The van der Waals surface area contributed by atoms with Crippen molar-refractivity contribution in [1.29, 1.82) is 0 Å². The molecule has 7 nitrogen and oxygen atoms in total. The highest BCUT2D eigenvalue weighted by Gasteiger charge is 2.50. The molecule has 41 heavy (non-hydrogen) atoms. The van der Waals surface area contributed by atoms with E-state index in [9.17, 15) is 14.4 Å². The van der Waals surface area contributed by atoms with Crippen molar-refractivity contribution in [1.82, 2.24) is 0 Å². The van der Waals surface area contributed by atoms with Gasteiger partial charge in [0.25, 0.3) is 0 Å². The zero-order chi connectivity index (χ0) is 31.4. The smallest absolute Gasteiger partial charge is 0.344 e. The summed E-state index contributed by atoms with van der Waals surface area (Å²) in [4.78, 5) is 39.4. The Hall–Kier alpha value is -2.18. The minimum absolute atomic E-state index is 0.0151. The lowest BCUT2D eigenvalue weighted by Crippen LogP contribution is -2.56. The number of carbonyl (C=O) groups excluding carboxylic acids is 3. The quantitative estimate of drug-likeness (QED) is 0.0761. The number of aldehydes is 1. The number of hydrogen-bond donors (Lipinski definition) is 0. The van der Waals surface area contributed by atoms with Gasteiger partial charge in [-0.05, 0) is 69.2 Å². The molecule has 0 aromatic heterocycles. The van der Waals surface area contributed by atoms with Crippen LogP contribution in [0.1, 0.15) is 53.0 Å². The lowest BCUT2D eigenvalue weighted by molar-refractivity contribution is -0.169. The first kappa shape index (κ1) is 35.0. The maximum atomic E-state index is 14.1. The van der Waals surface area contributed by atoms with Crippen LogP contribution in [0.3, 0.4) is 0 Å². The summed E-state index contributed by atoms with van der Waals surface area (Å²) in [5, 5.41) is 0.0151. The number of carbonyl (C=O) groups is 3. The summed E-state index contributed by atoms with van der Waals surface area (Å²) in [5.41, 5.74) is 1.27. The van der Waals surface area contributed by atoms with Crippen molar-refractivity contribution in [3.8, 4) is 0 Å². The van der Waals surface area contributed by atoms with Crippen LogP contribution >= 0.6 is 0 Å². The molecular formula is C32H50O7Si2. The molecule has 4 atom stereocenters. The molecule has 1 aromatic carbocycles. The Bertz CT molecular complexity index is 1140. The Balaban J connectivity index is 2.41. The van der Waals surface area contributed by atoms with Gasteiger partial charge in [0.1, 0.15) is 12.4 Å². The molecule has 1 unspecified atom stereocenters. The summed E-state index contributed by atoms with van der Waals surface area (Å²) in [7, 11) is -3.24. The molecule has 0 amide bonds. The zero-order valence-corrected chi connectivity index (χ0v) is 28.9. The van der Waals surface area contributed by atoms with Gasteiger partial charge in [-0.25, -0.2) is 4.79 Å². The number of methoxy groups -OCH3 is 1. The Morgan fingerprint density at radius 2 is 1.66 bits per heavy atom. The largest absolute Gasteiger partial charge is 0.467 e. The van der Waals surface area contributed by atoms with Gasteiger partial charge >= 0.3 is 5.97 Å². The lowest BCUT2D eigenvalue weighted by Gasteiger charge is -2.39. The minimum atomic E-state index is -2.37. The predicted octanol–water partition coefficient (Wildman–Crippen LogP) is 6.80. The Morgan fingerprint density at radius 3 is 2.15 bits per heavy atom. The van der Waals surface area contributed by atoms with E-state index in [1.54, 1.807) is 0 Å². The highest BCUT2D eigenvalue weighted by Crippen LogP contribution is 2.44. The van der Waals surface area contributed by atoms with Crippen LogP contribution in [0, 0.1) is 5.92 Å². The van der Waals surface area contributed by atoms with Crippen molar-refractivity contribution in [2.75, 3.05) is 7.11 Å². The molecular weight excluding hydrogens is 553 g/mol. The molecule has 0 aliphatic heterocycles. The first-order valence-corrected chi connectivity index (χ1v) is 20.6. The second-order valence-electron chi connectivity index (χ2n) is 13.7. The number of ether oxygens (including phenoxy) is 2.